The summed E-state index contributed by atoms with van der Waals surface area (Å²) in [4.78, 5) is 26.4. The second kappa shape index (κ2) is 9.37. The maximum absolute atomic E-state index is 13.1. The minimum Gasteiger partial charge on any atom is -0.487 e. The smallest absolute Gasteiger partial charge is 0.293 e. The lowest BCUT2D eigenvalue weighted by Gasteiger charge is -2.12. The Morgan fingerprint density at radius 1 is 0.968 bits per heavy atom. The van der Waals surface area contributed by atoms with Gasteiger partial charge in [-0.25, -0.2) is 4.39 Å². The summed E-state index contributed by atoms with van der Waals surface area (Å²) in [6.45, 7) is 0.484. The van der Waals surface area contributed by atoms with E-state index in [9.17, 15) is 14.0 Å². The fourth-order valence-corrected chi connectivity index (χ4v) is 4.10. The quantitative estimate of drug-likeness (QED) is 0.411. The number of ether oxygens (including phenoxy) is 1. The van der Waals surface area contributed by atoms with E-state index in [2.05, 4.69) is 0 Å². The fourth-order valence-electron chi connectivity index (χ4n) is 3.02. The topological polar surface area (TPSA) is 46.6 Å². The van der Waals surface area contributed by atoms with Crippen LogP contribution in [0.4, 0.5) is 9.18 Å². The molecule has 0 aliphatic carbocycles. The number of carbonyl (C=O) groups is 2. The highest BCUT2D eigenvalue weighted by molar-refractivity contribution is 8.18. The van der Waals surface area contributed by atoms with Crippen LogP contribution < -0.4 is 4.74 Å². The fraction of sp³-hybridized carbons (Fsp3) is 0.0833. The minimum absolute atomic E-state index is 0.0926. The molecule has 2 amide bonds. The summed E-state index contributed by atoms with van der Waals surface area (Å²) in [6, 6.07) is 20.6. The molecule has 0 spiro atoms. The zero-order valence-electron chi connectivity index (χ0n) is 16.3. The first kappa shape index (κ1) is 21.2. The maximum atomic E-state index is 13.1. The molecule has 1 aliphatic heterocycles. The van der Waals surface area contributed by atoms with Crippen LogP contribution in [0.5, 0.6) is 5.75 Å². The Morgan fingerprint density at radius 3 is 2.42 bits per heavy atom. The molecule has 0 unspecified atom stereocenters. The summed E-state index contributed by atoms with van der Waals surface area (Å²) in [5.41, 5.74) is 2.38. The molecule has 1 saturated heterocycles. The lowest BCUT2D eigenvalue weighted by molar-refractivity contribution is -0.123. The largest absolute Gasteiger partial charge is 0.487 e. The Labute approximate surface area is 188 Å². The SMILES string of the molecule is O=C1S/C(=C\c2ccc(OCc3ccccc3)c(Cl)c2)C(=O)N1Cc1ccc(F)cc1. The normalized spacial score (nSPS) is 15.0. The number of hydrogen-bond donors (Lipinski definition) is 0. The molecule has 7 heteroatoms. The lowest BCUT2D eigenvalue weighted by atomic mass is 10.2. The number of rotatable bonds is 6. The van der Waals surface area contributed by atoms with E-state index in [-0.39, 0.29) is 23.5 Å². The van der Waals surface area contributed by atoms with Crippen molar-refractivity contribution in [2.24, 2.45) is 0 Å². The van der Waals surface area contributed by atoms with Gasteiger partial charge in [-0.2, -0.15) is 0 Å². The van der Waals surface area contributed by atoms with E-state index in [0.29, 0.717) is 33.4 Å². The Morgan fingerprint density at radius 2 is 1.71 bits per heavy atom. The van der Waals surface area contributed by atoms with Gasteiger partial charge in [-0.1, -0.05) is 60.1 Å². The van der Waals surface area contributed by atoms with Crippen molar-refractivity contribution in [1.82, 2.24) is 4.90 Å². The van der Waals surface area contributed by atoms with Crippen LogP contribution in [0.25, 0.3) is 6.08 Å². The first-order valence-electron chi connectivity index (χ1n) is 9.46. The molecule has 1 fully saturated rings. The van der Waals surface area contributed by atoms with Gasteiger partial charge in [0.1, 0.15) is 18.2 Å². The van der Waals surface area contributed by atoms with Crippen molar-refractivity contribution in [3.8, 4) is 5.75 Å². The number of nitrogens with zero attached hydrogens (tertiary/aromatic N) is 1. The molecule has 0 bridgehead atoms. The third kappa shape index (κ3) is 5.16. The van der Waals surface area contributed by atoms with Gasteiger partial charge in [0.25, 0.3) is 11.1 Å². The predicted octanol–water partition coefficient (Wildman–Crippen LogP) is 6.29. The van der Waals surface area contributed by atoms with Gasteiger partial charge in [-0.15, -0.1) is 0 Å². The summed E-state index contributed by atoms with van der Waals surface area (Å²) in [6.07, 6.45) is 1.63. The van der Waals surface area contributed by atoms with Crippen LogP contribution in [0.15, 0.2) is 77.7 Å². The van der Waals surface area contributed by atoms with Gasteiger partial charge in [0.05, 0.1) is 16.5 Å². The molecular formula is C24H17ClFNO3S. The zero-order chi connectivity index (χ0) is 21.8. The Bertz CT molecular complexity index is 1150. The van der Waals surface area contributed by atoms with Crippen LogP contribution in [-0.2, 0) is 17.9 Å². The molecule has 4 rings (SSSR count). The molecule has 4 nitrogen and oxygen atoms in total. The molecule has 156 valence electrons. The van der Waals surface area contributed by atoms with Crippen LogP contribution in [0.2, 0.25) is 5.02 Å². The monoisotopic (exact) mass is 453 g/mol. The number of benzene rings is 3. The predicted molar refractivity (Wildman–Crippen MR) is 120 cm³/mol. The van der Waals surface area contributed by atoms with Crippen molar-refractivity contribution in [3.05, 3.63) is 105 Å². The van der Waals surface area contributed by atoms with E-state index in [1.807, 2.05) is 30.3 Å². The van der Waals surface area contributed by atoms with E-state index in [1.54, 1.807) is 36.4 Å². The number of imide groups is 1. The van der Waals surface area contributed by atoms with Crippen LogP contribution >= 0.6 is 23.4 Å². The average molecular weight is 454 g/mol. The van der Waals surface area contributed by atoms with Crippen LogP contribution in [0.1, 0.15) is 16.7 Å². The van der Waals surface area contributed by atoms with Crippen LogP contribution in [-0.4, -0.2) is 16.0 Å². The highest BCUT2D eigenvalue weighted by Gasteiger charge is 2.35. The van der Waals surface area contributed by atoms with Crippen molar-refractivity contribution in [2.45, 2.75) is 13.2 Å². The second-order valence-electron chi connectivity index (χ2n) is 6.86. The van der Waals surface area contributed by atoms with Crippen molar-refractivity contribution in [2.75, 3.05) is 0 Å². The van der Waals surface area contributed by atoms with Crippen molar-refractivity contribution < 1.29 is 18.7 Å². The van der Waals surface area contributed by atoms with Crippen molar-refractivity contribution in [3.63, 3.8) is 0 Å². The molecule has 1 heterocycles. The summed E-state index contributed by atoms with van der Waals surface area (Å²) in [7, 11) is 0. The van der Waals surface area contributed by atoms with E-state index >= 15 is 0 Å². The average Bonchev–Trinajstić information content (AvgIpc) is 3.03. The standard InChI is InChI=1S/C24H17ClFNO3S/c25-20-12-18(8-11-21(20)30-15-17-4-2-1-3-5-17)13-22-23(28)27(24(29)31-22)14-16-6-9-19(26)10-7-16/h1-13H,14-15H2/b22-13-. The second-order valence-corrected chi connectivity index (χ2v) is 8.26. The van der Waals surface area contributed by atoms with Crippen molar-refractivity contribution >= 4 is 40.6 Å². The molecule has 0 saturated carbocycles. The van der Waals surface area contributed by atoms with E-state index in [0.717, 1.165) is 22.2 Å². The van der Waals surface area contributed by atoms with Crippen LogP contribution in [0.3, 0.4) is 0 Å². The number of carbonyl (C=O) groups excluding carboxylic acids is 2. The molecule has 0 N–H and O–H groups in total. The first-order chi connectivity index (χ1) is 15.0. The van der Waals surface area contributed by atoms with E-state index in [1.165, 1.54) is 12.1 Å². The highest BCUT2D eigenvalue weighted by atomic mass is 35.5. The number of amides is 2. The molecule has 1 aliphatic rings. The summed E-state index contributed by atoms with van der Waals surface area (Å²) in [5, 5.41) is 0.0460. The molecular weight excluding hydrogens is 437 g/mol. The third-order valence-electron chi connectivity index (χ3n) is 4.62. The summed E-state index contributed by atoms with van der Waals surface area (Å²) in [5.74, 6) is -0.224. The van der Waals surface area contributed by atoms with Crippen LogP contribution in [0, 0.1) is 5.82 Å². The summed E-state index contributed by atoms with van der Waals surface area (Å²) < 4.78 is 18.8. The molecule has 3 aromatic carbocycles. The Hall–Kier alpha value is -3.09. The first-order valence-corrected chi connectivity index (χ1v) is 10.6. The maximum Gasteiger partial charge on any atom is 0.293 e. The van der Waals surface area contributed by atoms with Gasteiger partial charge in [0, 0.05) is 0 Å². The van der Waals surface area contributed by atoms with Gasteiger partial charge in [0.15, 0.2) is 0 Å². The molecule has 0 radical (unpaired) electrons. The molecule has 3 aromatic rings. The molecule has 0 aromatic heterocycles. The lowest BCUT2D eigenvalue weighted by Crippen LogP contribution is -2.27. The van der Waals surface area contributed by atoms with Gasteiger partial charge < -0.3 is 4.74 Å². The third-order valence-corrected chi connectivity index (χ3v) is 5.82. The zero-order valence-corrected chi connectivity index (χ0v) is 17.8. The summed E-state index contributed by atoms with van der Waals surface area (Å²) >= 11 is 7.21. The van der Waals surface area contributed by atoms with E-state index in [4.69, 9.17) is 16.3 Å². The van der Waals surface area contributed by atoms with Gasteiger partial charge in [-0.05, 0) is 58.8 Å². The van der Waals surface area contributed by atoms with Crippen molar-refractivity contribution in [1.29, 1.82) is 0 Å². The van der Waals surface area contributed by atoms with Gasteiger partial charge in [-0.3, -0.25) is 14.5 Å². The van der Waals surface area contributed by atoms with E-state index < -0.39 is 0 Å². The number of thioether (sulfide) groups is 1. The van der Waals surface area contributed by atoms with Gasteiger partial charge in [0.2, 0.25) is 0 Å². The Balaban J connectivity index is 1.45. The van der Waals surface area contributed by atoms with Gasteiger partial charge >= 0.3 is 0 Å². The number of hydrogen-bond acceptors (Lipinski definition) is 4. The Kier molecular flexibility index (Phi) is 6.39. The number of halogens is 2. The highest BCUT2D eigenvalue weighted by Crippen LogP contribution is 2.34. The minimum atomic E-state index is -0.389. The molecule has 31 heavy (non-hydrogen) atoms. The molecule has 0 atom stereocenters.